The number of amides is 3. The van der Waals surface area contributed by atoms with Gasteiger partial charge in [-0.05, 0) is 30.5 Å². The highest BCUT2D eigenvalue weighted by Gasteiger charge is 2.29. The number of hydrogen-bond acceptors (Lipinski definition) is 4. The standard InChI is InChI=1S/C20H25N3O4/c1-2-3-4-5-17(24)21-11-13-6-7-15-14(10-13)12-23(20(15)27)16-8-9-18(25)22-19(16)26/h6-7,10,12,16,27H,2-5,8-9,11H2,1H3,(H,21,24)(H,22,25,26). The van der Waals surface area contributed by atoms with Crippen LogP contribution in [0.3, 0.4) is 0 Å². The van der Waals surface area contributed by atoms with Crippen LogP contribution in [-0.4, -0.2) is 27.4 Å². The largest absolute Gasteiger partial charge is 0.494 e. The van der Waals surface area contributed by atoms with Gasteiger partial charge in [-0.15, -0.1) is 0 Å². The number of nitrogens with zero attached hydrogens (tertiary/aromatic N) is 1. The fourth-order valence-electron chi connectivity index (χ4n) is 3.39. The molecule has 0 radical (unpaired) electrons. The number of benzene rings is 1. The van der Waals surface area contributed by atoms with Crippen LogP contribution in [0.4, 0.5) is 0 Å². The van der Waals surface area contributed by atoms with Crippen LogP contribution < -0.4 is 10.6 Å². The lowest BCUT2D eigenvalue weighted by molar-refractivity contribution is -0.135. The van der Waals surface area contributed by atoms with Crippen molar-refractivity contribution in [1.82, 2.24) is 15.2 Å². The molecule has 1 unspecified atom stereocenters. The molecule has 0 aliphatic carbocycles. The molecule has 7 nitrogen and oxygen atoms in total. The number of nitrogens with one attached hydrogen (secondary N) is 2. The van der Waals surface area contributed by atoms with Crippen molar-refractivity contribution in [2.45, 2.75) is 58.0 Å². The number of fused-ring (bicyclic) bond motifs is 1. The first-order valence-electron chi connectivity index (χ1n) is 9.42. The second kappa shape index (κ2) is 8.24. The van der Waals surface area contributed by atoms with Crippen LogP contribution in [0.1, 0.15) is 57.1 Å². The van der Waals surface area contributed by atoms with E-state index in [2.05, 4.69) is 17.6 Å². The number of piperidine rings is 1. The molecule has 27 heavy (non-hydrogen) atoms. The number of carbonyl (C=O) groups excluding carboxylic acids is 3. The number of hydrogen-bond donors (Lipinski definition) is 3. The van der Waals surface area contributed by atoms with Crippen LogP contribution in [0.25, 0.3) is 10.8 Å². The number of carbonyl (C=O) groups is 3. The minimum atomic E-state index is -0.600. The predicted molar refractivity (Wildman–Crippen MR) is 101 cm³/mol. The van der Waals surface area contributed by atoms with Crippen molar-refractivity contribution >= 4 is 28.5 Å². The number of imide groups is 1. The molecular formula is C20H25N3O4. The normalized spacial score (nSPS) is 17.1. The van der Waals surface area contributed by atoms with Gasteiger partial charge in [-0.2, -0.15) is 0 Å². The summed E-state index contributed by atoms with van der Waals surface area (Å²) >= 11 is 0. The Labute approximate surface area is 157 Å². The molecular weight excluding hydrogens is 346 g/mol. The van der Waals surface area contributed by atoms with Crippen molar-refractivity contribution in [2.24, 2.45) is 0 Å². The second-order valence-corrected chi connectivity index (χ2v) is 6.98. The smallest absolute Gasteiger partial charge is 0.249 e. The van der Waals surface area contributed by atoms with Crippen LogP contribution in [0, 0.1) is 0 Å². The van der Waals surface area contributed by atoms with E-state index in [0.717, 1.165) is 30.2 Å². The van der Waals surface area contributed by atoms with E-state index < -0.39 is 11.9 Å². The number of aromatic nitrogens is 1. The first kappa shape index (κ1) is 18.9. The Balaban J connectivity index is 1.71. The molecule has 1 aromatic heterocycles. The maximum absolute atomic E-state index is 12.1. The van der Waals surface area contributed by atoms with E-state index in [1.165, 1.54) is 4.57 Å². The van der Waals surface area contributed by atoms with Crippen molar-refractivity contribution in [2.75, 3.05) is 0 Å². The van der Waals surface area contributed by atoms with Crippen LogP contribution in [0.2, 0.25) is 0 Å². The molecule has 1 aliphatic rings. The van der Waals surface area contributed by atoms with Crippen LogP contribution in [0.15, 0.2) is 24.4 Å². The molecule has 3 amide bonds. The van der Waals surface area contributed by atoms with Crippen LogP contribution >= 0.6 is 0 Å². The van der Waals surface area contributed by atoms with E-state index in [1.807, 2.05) is 12.1 Å². The lowest BCUT2D eigenvalue weighted by atomic mass is 10.1. The van der Waals surface area contributed by atoms with E-state index in [4.69, 9.17) is 0 Å². The van der Waals surface area contributed by atoms with E-state index in [1.54, 1.807) is 12.3 Å². The van der Waals surface area contributed by atoms with Gasteiger partial charge in [0, 0.05) is 36.4 Å². The summed E-state index contributed by atoms with van der Waals surface area (Å²) in [6.07, 6.45) is 5.88. The Morgan fingerprint density at radius 3 is 2.89 bits per heavy atom. The van der Waals surface area contributed by atoms with Gasteiger partial charge in [0.15, 0.2) is 5.88 Å². The molecule has 3 N–H and O–H groups in total. The number of aromatic hydroxyl groups is 1. The Hall–Kier alpha value is -2.83. The molecule has 7 heteroatoms. The monoisotopic (exact) mass is 371 g/mol. The zero-order valence-corrected chi connectivity index (χ0v) is 15.5. The van der Waals surface area contributed by atoms with E-state index >= 15 is 0 Å². The summed E-state index contributed by atoms with van der Waals surface area (Å²) in [6, 6.07) is 4.93. The van der Waals surface area contributed by atoms with Gasteiger partial charge < -0.3 is 15.0 Å². The van der Waals surface area contributed by atoms with Gasteiger partial charge in [0.25, 0.3) is 0 Å². The number of unbranched alkanes of at least 4 members (excludes halogenated alkanes) is 2. The van der Waals surface area contributed by atoms with E-state index in [9.17, 15) is 19.5 Å². The molecule has 144 valence electrons. The fourth-order valence-corrected chi connectivity index (χ4v) is 3.39. The molecule has 0 bridgehead atoms. The first-order chi connectivity index (χ1) is 13.0. The van der Waals surface area contributed by atoms with Crippen molar-refractivity contribution in [3.63, 3.8) is 0 Å². The average molecular weight is 371 g/mol. The molecule has 1 aliphatic heterocycles. The summed E-state index contributed by atoms with van der Waals surface area (Å²) in [4.78, 5) is 35.3. The highest BCUT2D eigenvalue weighted by molar-refractivity contribution is 6.00. The third-order valence-electron chi connectivity index (χ3n) is 4.92. The Kier molecular flexibility index (Phi) is 5.78. The van der Waals surface area contributed by atoms with Gasteiger partial charge in [-0.3, -0.25) is 19.7 Å². The van der Waals surface area contributed by atoms with Gasteiger partial charge in [-0.1, -0.05) is 25.8 Å². The second-order valence-electron chi connectivity index (χ2n) is 6.98. The van der Waals surface area contributed by atoms with Crippen molar-refractivity contribution in [1.29, 1.82) is 0 Å². The number of rotatable bonds is 7. The van der Waals surface area contributed by atoms with Crippen molar-refractivity contribution < 1.29 is 19.5 Å². The molecule has 1 saturated heterocycles. The Bertz CT molecular complexity index is 871. The zero-order valence-electron chi connectivity index (χ0n) is 15.5. The minimum Gasteiger partial charge on any atom is -0.494 e. The van der Waals surface area contributed by atoms with Gasteiger partial charge in [0.2, 0.25) is 17.7 Å². The van der Waals surface area contributed by atoms with Crippen molar-refractivity contribution in [3.8, 4) is 5.88 Å². The Morgan fingerprint density at radius 1 is 1.33 bits per heavy atom. The maximum Gasteiger partial charge on any atom is 0.249 e. The molecule has 0 saturated carbocycles. The molecule has 1 atom stereocenters. The molecule has 1 aromatic carbocycles. The summed E-state index contributed by atoms with van der Waals surface area (Å²) in [5.74, 6) is -0.645. The van der Waals surface area contributed by atoms with Crippen LogP contribution in [-0.2, 0) is 20.9 Å². The molecule has 1 fully saturated rings. The third-order valence-corrected chi connectivity index (χ3v) is 4.92. The predicted octanol–water partition coefficient (Wildman–Crippen LogP) is 2.52. The highest BCUT2D eigenvalue weighted by Crippen LogP contribution is 2.33. The SMILES string of the molecule is CCCCCC(=O)NCc1ccc2c(O)n(C3CCC(=O)NC3=O)cc2c1. The quantitative estimate of drug-likeness (QED) is 0.514. The average Bonchev–Trinajstić information content (AvgIpc) is 2.96. The highest BCUT2D eigenvalue weighted by atomic mass is 16.3. The van der Waals surface area contributed by atoms with E-state index in [0.29, 0.717) is 24.8 Å². The lowest BCUT2D eigenvalue weighted by Crippen LogP contribution is -2.41. The molecule has 2 heterocycles. The van der Waals surface area contributed by atoms with Gasteiger partial charge in [0.1, 0.15) is 6.04 Å². The minimum absolute atomic E-state index is 0.00894. The van der Waals surface area contributed by atoms with Gasteiger partial charge in [0.05, 0.1) is 0 Å². The molecule has 0 spiro atoms. The van der Waals surface area contributed by atoms with Gasteiger partial charge in [-0.25, -0.2) is 0 Å². The third kappa shape index (κ3) is 4.30. The summed E-state index contributed by atoms with van der Waals surface area (Å²) in [5, 5.41) is 17.1. The fraction of sp³-hybridized carbons (Fsp3) is 0.450. The Morgan fingerprint density at radius 2 is 2.15 bits per heavy atom. The molecule has 2 aromatic rings. The topological polar surface area (TPSA) is 100 Å². The van der Waals surface area contributed by atoms with Gasteiger partial charge >= 0.3 is 0 Å². The maximum atomic E-state index is 12.1. The zero-order chi connectivity index (χ0) is 19.4. The molecule has 3 rings (SSSR count). The van der Waals surface area contributed by atoms with E-state index in [-0.39, 0.29) is 24.1 Å². The summed E-state index contributed by atoms with van der Waals surface area (Å²) in [5.41, 5.74) is 0.923. The van der Waals surface area contributed by atoms with Crippen molar-refractivity contribution in [3.05, 3.63) is 30.0 Å². The first-order valence-corrected chi connectivity index (χ1v) is 9.42. The van der Waals surface area contributed by atoms with Crippen LogP contribution in [0.5, 0.6) is 5.88 Å². The summed E-state index contributed by atoms with van der Waals surface area (Å²) < 4.78 is 1.51. The lowest BCUT2D eigenvalue weighted by Gasteiger charge is -2.22. The summed E-state index contributed by atoms with van der Waals surface area (Å²) in [6.45, 7) is 2.52. The summed E-state index contributed by atoms with van der Waals surface area (Å²) in [7, 11) is 0.